The van der Waals surface area contributed by atoms with Crippen molar-refractivity contribution >= 4 is 11.9 Å². The lowest BCUT2D eigenvalue weighted by molar-refractivity contribution is -0.155. The monoisotopic (exact) mass is 343 g/mol. The summed E-state index contributed by atoms with van der Waals surface area (Å²) >= 11 is 0. The Balaban J connectivity index is 2.18. The van der Waals surface area contributed by atoms with Gasteiger partial charge in [0.2, 0.25) is 5.91 Å². The van der Waals surface area contributed by atoms with Crippen LogP contribution in [0.25, 0.3) is 0 Å². The molecular formula is C17H20F3NO3. The first-order valence-electron chi connectivity index (χ1n) is 7.86. The molecule has 0 saturated carbocycles. The lowest BCUT2D eigenvalue weighted by Crippen LogP contribution is -2.50. The minimum Gasteiger partial charge on any atom is -0.481 e. The van der Waals surface area contributed by atoms with Crippen molar-refractivity contribution in [2.75, 3.05) is 13.1 Å². The largest absolute Gasteiger partial charge is 0.481 e. The molecule has 1 aliphatic heterocycles. The van der Waals surface area contributed by atoms with Crippen molar-refractivity contribution in [3.63, 3.8) is 0 Å². The summed E-state index contributed by atoms with van der Waals surface area (Å²) in [7, 11) is 0. The van der Waals surface area contributed by atoms with E-state index in [1.54, 1.807) is 6.92 Å². The quantitative estimate of drug-likeness (QED) is 0.912. The Morgan fingerprint density at radius 3 is 2.54 bits per heavy atom. The number of carboxylic acids is 1. The predicted octanol–water partition coefficient (Wildman–Crippen LogP) is 3.35. The Morgan fingerprint density at radius 2 is 1.96 bits per heavy atom. The summed E-state index contributed by atoms with van der Waals surface area (Å²) in [6.07, 6.45) is -3.51. The van der Waals surface area contributed by atoms with Gasteiger partial charge in [0.1, 0.15) is 0 Å². The summed E-state index contributed by atoms with van der Waals surface area (Å²) in [5, 5.41) is 9.44. The first kappa shape index (κ1) is 18.3. The number of alkyl halides is 3. The van der Waals surface area contributed by atoms with Crippen molar-refractivity contribution in [2.45, 2.75) is 38.8 Å². The van der Waals surface area contributed by atoms with Crippen LogP contribution < -0.4 is 0 Å². The second-order valence-corrected chi connectivity index (χ2v) is 6.19. The van der Waals surface area contributed by atoms with Crippen LogP contribution in [0.4, 0.5) is 13.2 Å². The molecule has 0 unspecified atom stereocenters. The Morgan fingerprint density at radius 1 is 1.29 bits per heavy atom. The number of benzene rings is 1. The zero-order chi connectivity index (χ0) is 18.0. The van der Waals surface area contributed by atoms with E-state index >= 15 is 0 Å². The van der Waals surface area contributed by atoms with Crippen LogP contribution in [0.3, 0.4) is 0 Å². The number of aliphatic carboxylic acids is 1. The number of amides is 1. The molecule has 24 heavy (non-hydrogen) atoms. The maximum atomic E-state index is 13.0. The highest BCUT2D eigenvalue weighted by Crippen LogP contribution is 2.35. The summed E-state index contributed by atoms with van der Waals surface area (Å²) in [5.41, 5.74) is -1.91. The second kappa shape index (κ2) is 6.83. The summed E-state index contributed by atoms with van der Waals surface area (Å²) in [6, 6.07) is 4.98. The topological polar surface area (TPSA) is 57.6 Å². The zero-order valence-corrected chi connectivity index (χ0v) is 13.4. The van der Waals surface area contributed by atoms with Gasteiger partial charge in [0.05, 0.1) is 17.4 Å². The summed E-state index contributed by atoms with van der Waals surface area (Å²) in [6.45, 7) is 2.18. The molecule has 1 aliphatic rings. The number of carboxylic acid groups (broad SMARTS) is 1. The van der Waals surface area contributed by atoms with E-state index < -0.39 is 29.0 Å². The van der Waals surface area contributed by atoms with Crippen LogP contribution in [-0.4, -0.2) is 35.0 Å². The Kier molecular flexibility index (Phi) is 5.20. The third-order valence-corrected chi connectivity index (χ3v) is 4.72. The van der Waals surface area contributed by atoms with Gasteiger partial charge in [0, 0.05) is 13.1 Å². The van der Waals surface area contributed by atoms with Crippen LogP contribution in [-0.2, 0) is 22.2 Å². The number of hydrogen-bond donors (Lipinski definition) is 1. The maximum Gasteiger partial charge on any atom is 0.416 e. The normalized spacial score (nSPS) is 21.6. The molecule has 1 N–H and O–H groups in total. The smallest absolute Gasteiger partial charge is 0.416 e. The van der Waals surface area contributed by atoms with E-state index in [1.165, 1.54) is 23.1 Å². The van der Waals surface area contributed by atoms with Gasteiger partial charge in [-0.3, -0.25) is 9.59 Å². The van der Waals surface area contributed by atoms with Crippen molar-refractivity contribution in [1.82, 2.24) is 4.90 Å². The van der Waals surface area contributed by atoms with Crippen molar-refractivity contribution in [3.8, 4) is 0 Å². The molecule has 0 spiro atoms. The van der Waals surface area contributed by atoms with E-state index in [1.807, 2.05) is 0 Å². The fourth-order valence-corrected chi connectivity index (χ4v) is 3.18. The van der Waals surface area contributed by atoms with E-state index in [2.05, 4.69) is 0 Å². The maximum absolute atomic E-state index is 13.0. The lowest BCUT2D eigenvalue weighted by Gasteiger charge is -2.39. The molecule has 1 heterocycles. The Labute approximate surface area is 138 Å². The van der Waals surface area contributed by atoms with E-state index in [0.717, 1.165) is 6.07 Å². The van der Waals surface area contributed by atoms with Gasteiger partial charge in [-0.1, -0.05) is 25.1 Å². The number of carbonyl (C=O) groups is 2. The van der Waals surface area contributed by atoms with Crippen molar-refractivity contribution in [1.29, 1.82) is 0 Å². The van der Waals surface area contributed by atoms with Gasteiger partial charge in [-0.25, -0.2) is 0 Å². The van der Waals surface area contributed by atoms with Crippen molar-refractivity contribution in [2.24, 2.45) is 5.41 Å². The second-order valence-electron chi connectivity index (χ2n) is 6.19. The highest BCUT2D eigenvalue weighted by Gasteiger charge is 2.42. The fraction of sp³-hybridized carbons (Fsp3) is 0.529. The van der Waals surface area contributed by atoms with E-state index in [-0.39, 0.29) is 18.5 Å². The van der Waals surface area contributed by atoms with Gasteiger partial charge in [-0.2, -0.15) is 13.2 Å². The number of rotatable bonds is 4. The molecule has 0 radical (unpaired) electrons. The third-order valence-electron chi connectivity index (χ3n) is 4.72. The molecule has 7 heteroatoms. The molecule has 1 atom stereocenters. The van der Waals surface area contributed by atoms with Crippen LogP contribution in [0.1, 0.15) is 37.3 Å². The summed E-state index contributed by atoms with van der Waals surface area (Å²) in [4.78, 5) is 25.4. The predicted molar refractivity (Wildman–Crippen MR) is 81.3 cm³/mol. The Hall–Kier alpha value is -2.05. The number of likely N-dealkylation sites (tertiary alicyclic amines) is 1. The third kappa shape index (κ3) is 3.71. The van der Waals surface area contributed by atoms with E-state index in [4.69, 9.17) is 0 Å². The van der Waals surface area contributed by atoms with Gasteiger partial charge in [0.25, 0.3) is 0 Å². The van der Waals surface area contributed by atoms with Gasteiger partial charge in [-0.15, -0.1) is 0 Å². The van der Waals surface area contributed by atoms with Crippen LogP contribution in [0.15, 0.2) is 24.3 Å². The Bertz CT molecular complexity index is 630. The van der Waals surface area contributed by atoms with Gasteiger partial charge in [0.15, 0.2) is 0 Å². The average Bonchev–Trinajstić information content (AvgIpc) is 2.54. The molecule has 1 aromatic rings. The number of nitrogens with zero attached hydrogens (tertiary/aromatic N) is 1. The SMILES string of the molecule is CC[C@]1(C(=O)O)CCCN(C(=O)Cc2ccccc2C(F)(F)F)C1. The van der Waals surface area contributed by atoms with Crippen LogP contribution in [0, 0.1) is 5.41 Å². The van der Waals surface area contributed by atoms with Gasteiger partial charge < -0.3 is 10.0 Å². The molecule has 0 aliphatic carbocycles. The van der Waals surface area contributed by atoms with Crippen molar-refractivity contribution in [3.05, 3.63) is 35.4 Å². The van der Waals surface area contributed by atoms with Gasteiger partial charge in [-0.05, 0) is 30.9 Å². The van der Waals surface area contributed by atoms with Crippen LogP contribution >= 0.6 is 0 Å². The minimum absolute atomic E-state index is 0.0475. The fourth-order valence-electron chi connectivity index (χ4n) is 3.18. The van der Waals surface area contributed by atoms with Gasteiger partial charge >= 0.3 is 12.1 Å². The molecule has 1 fully saturated rings. The molecule has 1 aromatic carbocycles. The summed E-state index contributed by atoms with van der Waals surface area (Å²) < 4.78 is 39.1. The van der Waals surface area contributed by atoms with Crippen molar-refractivity contribution < 1.29 is 27.9 Å². The highest BCUT2D eigenvalue weighted by atomic mass is 19.4. The van der Waals surface area contributed by atoms with Crippen LogP contribution in [0.5, 0.6) is 0 Å². The number of piperidine rings is 1. The average molecular weight is 343 g/mol. The standard InChI is InChI=1S/C17H20F3NO3/c1-2-16(15(23)24)8-5-9-21(11-16)14(22)10-12-6-3-4-7-13(12)17(18,19)20/h3-4,6-7H,2,5,8-11H2,1H3,(H,23,24)/t16-/m0/s1. The molecule has 0 bridgehead atoms. The number of hydrogen-bond acceptors (Lipinski definition) is 2. The van der Waals surface area contributed by atoms with Crippen LogP contribution in [0.2, 0.25) is 0 Å². The molecule has 4 nitrogen and oxygen atoms in total. The number of carbonyl (C=O) groups excluding carboxylic acids is 1. The molecule has 0 aromatic heterocycles. The molecule has 132 valence electrons. The van der Waals surface area contributed by atoms with E-state index in [9.17, 15) is 27.9 Å². The molecule has 2 rings (SSSR count). The number of halogens is 3. The molecule has 1 amide bonds. The molecular weight excluding hydrogens is 323 g/mol. The first-order chi connectivity index (χ1) is 11.2. The lowest BCUT2D eigenvalue weighted by atomic mass is 9.77. The minimum atomic E-state index is -4.52. The molecule has 1 saturated heterocycles. The zero-order valence-electron chi connectivity index (χ0n) is 13.4. The summed E-state index contributed by atoms with van der Waals surface area (Å²) in [5.74, 6) is -1.43. The first-order valence-corrected chi connectivity index (χ1v) is 7.86. The highest BCUT2D eigenvalue weighted by molar-refractivity contribution is 5.81. The van der Waals surface area contributed by atoms with E-state index in [0.29, 0.717) is 25.8 Å².